The SMILES string of the molecule is CCOC1C=CC[C@H](/C=C/CCC[C@H](C)OCc2ccc(OC)cc2)O1. The van der Waals surface area contributed by atoms with Crippen molar-refractivity contribution in [2.75, 3.05) is 13.7 Å². The van der Waals surface area contributed by atoms with Gasteiger partial charge in [0.1, 0.15) is 5.75 Å². The fourth-order valence-corrected chi connectivity index (χ4v) is 2.79. The van der Waals surface area contributed by atoms with Crippen LogP contribution >= 0.6 is 0 Å². The zero-order chi connectivity index (χ0) is 18.6. The molecule has 0 saturated heterocycles. The van der Waals surface area contributed by atoms with E-state index in [0.717, 1.165) is 31.4 Å². The van der Waals surface area contributed by atoms with Gasteiger partial charge in [0.05, 0.1) is 25.9 Å². The molecular weight excluding hydrogens is 328 g/mol. The number of unbranched alkanes of at least 4 members (excludes halogenated alkanes) is 1. The lowest BCUT2D eigenvalue weighted by Gasteiger charge is -2.23. The quantitative estimate of drug-likeness (QED) is 0.409. The molecule has 1 aliphatic heterocycles. The summed E-state index contributed by atoms with van der Waals surface area (Å²) in [7, 11) is 1.68. The van der Waals surface area contributed by atoms with Gasteiger partial charge >= 0.3 is 0 Å². The first-order valence-electron chi connectivity index (χ1n) is 9.56. The summed E-state index contributed by atoms with van der Waals surface area (Å²) in [6, 6.07) is 8.02. The molecule has 0 spiro atoms. The summed E-state index contributed by atoms with van der Waals surface area (Å²) in [6.45, 7) is 5.42. The Morgan fingerprint density at radius 1 is 1.27 bits per heavy atom. The van der Waals surface area contributed by atoms with E-state index in [9.17, 15) is 0 Å². The van der Waals surface area contributed by atoms with Gasteiger partial charge < -0.3 is 18.9 Å². The topological polar surface area (TPSA) is 36.9 Å². The van der Waals surface area contributed by atoms with Crippen LogP contribution in [0.4, 0.5) is 0 Å². The third kappa shape index (κ3) is 7.73. The third-order valence-electron chi connectivity index (χ3n) is 4.33. The number of allylic oxidation sites excluding steroid dienone is 1. The second-order valence-corrected chi connectivity index (χ2v) is 6.49. The number of methoxy groups -OCH3 is 1. The molecule has 3 atom stereocenters. The van der Waals surface area contributed by atoms with Gasteiger partial charge in [-0.2, -0.15) is 0 Å². The van der Waals surface area contributed by atoms with Crippen LogP contribution in [0, 0.1) is 0 Å². The largest absolute Gasteiger partial charge is 0.497 e. The summed E-state index contributed by atoms with van der Waals surface area (Å²) >= 11 is 0. The van der Waals surface area contributed by atoms with Crippen molar-refractivity contribution in [3.63, 3.8) is 0 Å². The lowest BCUT2D eigenvalue weighted by atomic mass is 10.1. The molecule has 1 heterocycles. The Morgan fingerprint density at radius 3 is 2.81 bits per heavy atom. The van der Waals surface area contributed by atoms with E-state index in [-0.39, 0.29) is 18.5 Å². The Bertz CT molecular complexity index is 550. The Balaban J connectivity index is 1.57. The van der Waals surface area contributed by atoms with E-state index in [1.54, 1.807) is 7.11 Å². The predicted octanol–water partition coefficient (Wildman–Crippen LogP) is 5.03. The smallest absolute Gasteiger partial charge is 0.177 e. The number of hydrogen-bond donors (Lipinski definition) is 0. The molecule has 2 rings (SSSR count). The Morgan fingerprint density at radius 2 is 2.08 bits per heavy atom. The van der Waals surface area contributed by atoms with Crippen molar-refractivity contribution in [2.24, 2.45) is 0 Å². The molecule has 0 fully saturated rings. The summed E-state index contributed by atoms with van der Waals surface area (Å²) in [5, 5.41) is 0. The molecular formula is C22H32O4. The first kappa shape index (κ1) is 20.7. The Kier molecular flexibility index (Phi) is 9.46. The molecule has 0 aromatic heterocycles. The van der Waals surface area contributed by atoms with Crippen LogP contribution in [0.5, 0.6) is 5.75 Å². The third-order valence-corrected chi connectivity index (χ3v) is 4.33. The number of hydrogen-bond acceptors (Lipinski definition) is 4. The molecule has 26 heavy (non-hydrogen) atoms. The molecule has 0 saturated carbocycles. The first-order valence-corrected chi connectivity index (χ1v) is 9.56. The molecule has 0 N–H and O–H groups in total. The summed E-state index contributed by atoms with van der Waals surface area (Å²) < 4.78 is 22.4. The second-order valence-electron chi connectivity index (χ2n) is 6.49. The van der Waals surface area contributed by atoms with Gasteiger partial charge in [-0.25, -0.2) is 0 Å². The van der Waals surface area contributed by atoms with Gasteiger partial charge in [0.15, 0.2) is 6.29 Å². The van der Waals surface area contributed by atoms with Crippen LogP contribution in [-0.2, 0) is 20.8 Å². The van der Waals surface area contributed by atoms with E-state index in [0.29, 0.717) is 13.2 Å². The standard InChI is InChI=1S/C22H32O4/c1-4-24-22-12-8-11-21(26-22)10-7-5-6-9-18(2)25-17-19-13-15-20(23-3)16-14-19/h7-8,10,12-16,18,21-22H,4-6,9,11,17H2,1-3H3/b10-7+/t18-,21-,22?/m0/s1. The Labute approximate surface area is 157 Å². The molecule has 144 valence electrons. The zero-order valence-electron chi connectivity index (χ0n) is 16.2. The van der Waals surface area contributed by atoms with Gasteiger partial charge in [-0.05, 0) is 63.3 Å². The summed E-state index contributed by atoms with van der Waals surface area (Å²) in [6.07, 6.45) is 12.8. The average molecular weight is 360 g/mol. The highest BCUT2D eigenvalue weighted by Crippen LogP contribution is 2.16. The molecule has 1 aliphatic rings. The highest BCUT2D eigenvalue weighted by Gasteiger charge is 2.15. The van der Waals surface area contributed by atoms with Crippen molar-refractivity contribution in [3.05, 3.63) is 54.1 Å². The normalized spacial score (nSPS) is 21.2. The molecule has 1 aromatic carbocycles. The van der Waals surface area contributed by atoms with Crippen molar-refractivity contribution in [1.29, 1.82) is 0 Å². The van der Waals surface area contributed by atoms with Gasteiger partial charge in [-0.15, -0.1) is 0 Å². The first-order chi connectivity index (χ1) is 12.7. The maximum absolute atomic E-state index is 5.92. The molecule has 4 heteroatoms. The van der Waals surface area contributed by atoms with Crippen LogP contribution in [0.15, 0.2) is 48.6 Å². The minimum Gasteiger partial charge on any atom is -0.497 e. The summed E-state index contributed by atoms with van der Waals surface area (Å²) in [5.74, 6) is 0.874. The maximum Gasteiger partial charge on any atom is 0.177 e. The zero-order valence-corrected chi connectivity index (χ0v) is 16.2. The number of benzene rings is 1. The van der Waals surface area contributed by atoms with Gasteiger partial charge in [0, 0.05) is 6.61 Å². The predicted molar refractivity (Wildman–Crippen MR) is 104 cm³/mol. The summed E-state index contributed by atoms with van der Waals surface area (Å²) in [4.78, 5) is 0. The minimum atomic E-state index is -0.199. The van der Waals surface area contributed by atoms with E-state index < -0.39 is 0 Å². The van der Waals surface area contributed by atoms with E-state index in [1.807, 2.05) is 37.3 Å². The minimum absolute atomic E-state index is 0.125. The van der Waals surface area contributed by atoms with E-state index in [2.05, 4.69) is 25.2 Å². The van der Waals surface area contributed by atoms with Crippen molar-refractivity contribution in [1.82, 2.24) is 0 Å². The molecule has 0 radical (unpaired) electrons. The molecule has 1 aromatic rings. The number of ether oxygens (including phenoxy) is 4. The maximum atomic E-state index is 5.92. The highest BCUT2D eigenvalue weighted by atomic mass is 16.7. The highest BCUT2D eigenvalue weighted by molar-refractivity contribution is 5.26. The van der Waals surface area contributed by atoms with Crippen LogP contribution in [0.3, 0.4) is 0 Å². The van der Waals surface area contributed by atoms with Gasteiger partial charge in [0.25, 0.3) is 0 Å². The van der Waals surface area contributed by atoms with Crippen LogP contribution in [-0.4, -0.2) is 32.2 Å². The van der Waals surface area contributed by atoms with Gasteiger partial charge in [-0.3, -0.25) is 0 Å². The second kappa shape index (κ2) is 11.9. The number of rotatable bonds is 11. The fraction of sp³-hybridized carbons (Fsp3) is 0.545. The van der Waals surface area contributed by atoms with Crippen molar-refractivity contribution >= 4 is 0 Å². The fourth-order valence-electron chi connectivity index (χ4n) is 2.79. The van der Waals surface area contributed by atoms with Crippen molar-refractivity contribution in [3.8, 4) is 5.75 Å². The average Bonchev–Trinajstić information content (AvgIpc) is 2.67. The van der Waals surface area contributed by atoms with E-state index in [4.69, 9.17) is 18.9 Å². The molecule has 4 nitrogen and oxygen atoms in total. The summed E-state index contributed by atoms with van der Waals surface area (Å²) in [5.41, 5.74) is 1.17. The lowest BCUT2D eigenvalue weighted by molar-refractivity contribution is -0.132. The van der Waals surface area contributed by atoms with Crippen LogP contribution in [0.1, 0.15) is 45.1 Å². The Hall–Kier alpha value is -1.62. The molecule has 0 bridgehead atoms. The van der Waals surface area contributed by atoms with Crippen molar-refractivity contribution in [2.45, 2.75) is 64.6 Å². The lowest BCUT2D eigenvalue weighted by Crippen LogP contribution is -2.24. The van der Waals surface area contributed by atoms with E-state index in [1.165, 1.54) is 5.56 Å². The van der Waals surface area contributed by atoms with Crippen LogP contribution in [0.2, 0.25) is 0 Å². The van der Waals surface area contributed by atoms with Gasteiger partial charge in [-0.1, -0.05) is 30.4 Å². The van der Waals surface area contributed by atoms with E-state index >= 15 is 0 Å². The molecule has 1 unspecified atom stereocenters. The van der Waals surface area contributed by atoms with Crippen molar-refractivity contribution < 1.29 is 18.9 Å². The van der Waals surface area contributed by atoms with Gasteiger partial charge in [0.2, 0.25) is 0 Å². The molecule has 0 amide bonds. The van der Waals surface area contributed by atoms with Crippen LogP contribution < -0.4 is 4.74 Å². The molecule has 0 aliphatic carbocycles. The van der Waals surface area contributed by atoms with Crippen LogP contribution in [0.25, 0.3) is 0 Å². The monoisotopic (exact) mass is 360 g/mol.